The van der Waals surface area contributed by atoms with Crippen molar-refractivity contribution in [1.82, 2.24) is 9.62 Å². The van der Waals surface area contributed by atoms with E-state index >= 15 is 0 Å². The van der Waals surface area contributed by atoms with Gasteiger partial charge in [-0.15, -0.1) is 11.3 Å². The van der Waals surface area contributed by atoms with Crippen LogP contribution >= 0.6 is 11.3 Å². The van der Waals surface area contributed by atoms with Crippen molar-refractivity contribution in [2.45, 2.75) is 29.1 Å². The van der Waals surface area contributed by atoms with E-state index in [4.69, 9.17) is 0 Å². The Kier molecular flexibility index (Phi) is 5.51. The van der Waals surface area contributed by atoms with Crippen LogP contribution in [0.1, 0.15) is 23.2 Å². The van der Waals surface area contributed by atoms with Crippen LogP contribution in [-0.4, -0.2) is 43.8 Å². The molecule has 33 heavy (non-hydrogen) atoms. The van der Waals surface area contributed by atoms with E-state index < -0.39 is 27.9 Å². The van der Waals surface area contributed by atoms with Crippen LogP contribution in [-0.2, 0) is 14.8 Å². The lowest BCUT2D eigenvalue weighted by atomic mass is 9.96. The number of rotatable bonds is 4. The van der Waals surface area contributed by atoms with Gasteiger partial charge in [0.05, 0.1) is 11.3 Å². The van der Waals surface area contributed by atoms with Gasteiger partial charge < -0.3 is 10.2 Å². The molecule has 2 N–H and O–H groups in total. The quantitative estimate of drug-likeness (QED) is 0.592. The zero-order valence-electron chi connectivity index (χ0n) is 17.3. The molecule has 10 heteroatoms. The summed E-state index contributed by atoms with van der Waals surface area (Å²) in [5.74, 6) is -1.12. The standard InChI is InChI=1S/C23H20FN3O4S2/c24-18-5-2-1-4-16(18)14-7-8-19-17(12-14)23(29)27-10-9-15(13-20(27)22(28)25-19)26-33(30,31)21-6-3-11-32-21/h1-8,11-12,15,20,26H,9-10,13H2,(H,25,28)/t15-,20-/m0/s1. The summed E-state index contributed by atoms with van der Waals surface area (Å²) in [7, 11) is -3.69. The molecule has 0 radical (unpaired) electrons. The highest BCUT2D eigenvalue weighted by Gasteiger charge is 2.41. The lowest BCUT2D eigenvalue weighted by Crippen LogP contribution is -2.54. The van der Waals surface area contributed by atoms with Crippen LogP contribution < -0.4 is 10.0 Å². The summed E-state index contributed by atoms with van der Waals surface area (Å²) in [5, 5.41) is 4.47. The van der Waals surface area contributed by atoms with Crippen LogP contribution in [0.5, 0.6) is 0 Å². The Bertz CT molecular complexity index is 1340. The van der Waals surface area contributed by atoms with Gasteiger partial charge in [-0.3, -0.25) is 9.59 Å². The van der Waals surface area contributed by atoms with Gasteiger partial charge in [0.25, 0.3) is 5.91 Å². The van der Waals surface area contributed by atoms with E-state index in [2.05, 4.69) is 10.0 Å². The Morgan fingerprint density at radius 3 is 2.64 bits per heavy atom. The molecule has 0 aliphatic carbocycles. The number of sulfonamides is 1. The predicted octanol–water partition coefficient (Wildman–Crippen LogP) is 3.46. The largest absolute Gasteiger partial charge is 0.326 e. The van der Waals surface area contributed by atoms with Crippen LogP contribution in [0.25, 0.3) is 11.1 Å². The second-order valence-corrected chi connectivity index (χ2v) is 10.9. The number of amides is 2. The highest BCUT2D eigenvalue weighted by Crippen LogP contribution is 2.33. The fraction of sp³-hybridized carbons (Fsp3) is 0.217. The fourth-order valence-corrected chi connectivity index (χ4v) is 6.61. The van der Waals surface area contributed by atoms with Crippen molar-refractivity contribution >= 4 is 38.9 Å². The lowest BCUT2D eigenvalue weighted by Gasteiger charge is -2.37. The average Bonchev–Trinajstić information content (AvgIpc) is 3.32. The van der Waals surface area contributed by atoms with Gasteiger partial charge >= 0.3 is 0 Å². The van der Waals surface area contributed by atoms with E-state index in [1.807, 2.05) is 0 Å². The third-order valence-electron chi connectivity index (χ3n) is 5.94. The molecular weight excluding hydrogens is 465 g/mol. The highest BCUT2D eigenvalue weighted by atomic mass is 32.2. The number of fused-ring (bicyclic) bond motifs is 2. The van der Waals surface area contributed by atoms with Crippen LogP contribution in [0.4, 0.5) is 10.1 Å². The molecule has 0 unspecified atom stereocenters. The highest BCUT2D eigenvalue weighted by molar-refractivity contribution is 7.91. The van der Waals surface area contributed by atoms with E-state index in [9.17, 15) is 22.4 Å². The smallest absolute Gasteiger partial charge is 0.256 e. The molecule has 7 nitrogen and oxygen atoms in total. The zero-order valence-corrected chi connectivity index (χ0v) is 19.0. The van der Waals surface area contributed by atoms with Gasteiger partial charge in [0.15, 0.2) is 0 Å². The number of benzene rings is 2. The SMILES string of the molecule is O=C1Nc2ccc(-c3ccccc3F)cc2C(=O)N2CC[C@H](NS(=O)(=O)c3cccs3)C[C@@H]12. The zero-order chi connectivity index (χ0) is 23.2. The van der Waals surface area contributed by atoms with E-state index in [1.165, 1.54) is 17.0 Å². The molecule has 0 saturated carbocycles. The average molecular weight is 486 g/mol. The third-order valence-corrected chi connectivity index (χ3v) is 8.86. The summed E-state index contributed by atoms with van der Waals surface area (Å²) in [5.41, 5.74) is 1.54. The van der Waals surface area contributed by atoms with E-state index in [1.54, 1.807) is 47.8 Å². The maximum Gasteiger partial charge on any atom is 0.256 e. The Hall–Kier alpha value is -3.08. The predicted molar refractivity (Wildman–Crippen MR) is 123 cm³/mol. The van der Waals surface area contributed by atoms with Gasteiger partial charge in [0, 0.05) is 18.2 Å². The Morgan fingerprint density at radius 1 is 1.06 bits per heavy atom. The number of hydrogen-bond donors (Lipinski definition) is 2. The van der Waals surface area contributed by atoms with Gasteiger partial charge in [-0.25, -0.2) is 17.5 Å². The molecule has 5 rings (SSSR count). The number of anilines is 1. The molecule has 2 aliphatic heterocycles. The molecule has 2 amide bonds. The van der Waals surface area contributed by atoms with Crippen molar-refractivity contribution in [1.29, 1.82) is 0 Å². The summed E-state index contributed by atoms with van der Waals surface area (Å²) in [6.07, 6.45) is 0.540. The first-order valence-electron chi connectivity index (χ1n) is 10.4. The maximum absolute atomic E-state index is 14.3. The number of halogens is 1. The second-order valence-electron chi connectivity index (χ2n) is 8.02. The fourth-order valence-electron chi connectivity index (χ4n) is 4.32. The monoisotopic (exact) mass is 485 g/mol. The molecule has 0 spiro atoms. The number of hydrogen-bond acceptors (Lipinski definition) is 5. The van der Waals surface area contributed by atoms with Crippen LogP contribution in [0, 0.1) is 5.82 Å². The van der Waals surface area contributed by atoms with E-state index in [-0.39, 0.29) is 34.6 Å². The summed E-state index contributed by atoms with van der Waals surface area (Å²) >= 11 is 1.12. The Labute approximate surface area is 194 Å². The van der Waals surface area contributed by atoms with Gasteiger partial charge in [-0.2, -0.15) is 0 Å². The van der Waals surface area contributed by atoms with Crippen molar-refractivity contribution in [3.05, 3.63) is 71.4 Å². The number of piperidine rings is 1. The first kappa shape index (κ1) is 21.7. The molecule has 3 heterocycles. The molecule has 1 saturated heterocycles. The minimum absolute atomic E-state index is 0.163. The molecule has 0 bridgehead atoms. The van der Waals surface area contributed by atoms with Crippen LogP contribution in [0.3, 0.4) is 0 Å². The summed E-state index contributed by atoms with van der Waals surface area (Å²) in [6, 6.07) is 13.0. The van der Waals surface area contributed by atoms with Crippen molar-refractivity contribution in [2.75, 3.05) is 11.9 Å². The first-order chi connectivity index (χ1) is 15.8. The lowest BCUT2D eigenvalue weighted by molar-refractivity contribution is -0.121. The topological polar surface area (TPSA) is 95.6 Å². The van der Waals surface area contributed by atoms with Gasteiger partial charge in [-0.05, 0) is 48.1 Å². The Balaban J connectivity index is 1.41. The number of carbonyl (C=O) groups excluding carboxylic acids is 2. The molecule has 2 atom stereocenters. The minimum atomic E-state index is -3.69. The normalized spacial score (nSPS) is 20.6. The minimum Gasteiger partial charge on any atom is -0.326 e. The number of thiophene rings is 1. The molecule has 3 aromatic rings. The molecular formula is C23H20FN3O4S2. The van der Waals surface area contributed by atoms with Gasteiger partial charge in [0.1, 0.15) is 16.1 Å². The maximum atomic E-state index is 14.3. The number of nitrogens with one attached hydrogen (secondary N) is 2. The van der Waals surface area contributed by atoms with Crippen molar-refractivity contribution in [3.8, 4) is 11.1 Å². The number of carbonyl (C=O) groups is 2. The van der Waals surface area contributed by atoms with Gasteiger partial charge in [-0.1, -0.05) is 30.3 Å². The summed E-state index contributed by atoms with van der Waals surface area (Å²) in [6.45, 7) is 0.220. The number of nitrogens with zero attached hydrogens (tertiary/aromatic N) is 1. The van der Waals surface area contributed by atoms with E-state index in [0.717, 1.165) is 11.3 Å². The summed E-state index contributed by atoms with van der Waals surface area (Å²) in [4.78, 5) is 27.8. The van der Waals surface area contributed by atoms with E-state index in [0.29, 0.717) is 23.2 Å². The molecule has 1 aromatic heterocycles. The second kappa shape index (κ2) is 8.36. The van der Waals surface area contributed by atoms with Crippen molar-refractivity contribution in [3.63, 3.8) is 0 Å². The molecule has 2 aromatic carbocycles. The third kappa shape index (κ3) is 4.05. The molecule has 170 valence electrons. The Morgan fingerprint density at radius 2 is 1.88 bits per heavy atom. The first-order valence-corrected chi connectivity index (χ1v) is 12.8. The van der Waals surface area contributed by atoms with Gasteiger partial charge in [0.2, 0.25) is 15.9 Å². The van der Waals surface area contributed by atoms with Crippen molar-refractivity contribution in [2.24, 2.45) is 0 Å². The van der Waals surface area contributed by atoms with Crippen LogP contribution in [0.15, 0.2) is 64.2 Å². The molecule has 1 fully saturated rings. The van der Waals surface area contributed by atoms with Crippen LogP contribution in [0.2, 0.25) is 0 Å². The summed E-state index contributed by atoms with van der Waals surface area (Å²) < 4.78 is 42.4. The van der Waals surface area contributed by atoms with Crippen molar-refractivity contribution < 1.29 is 22.4 Å². The molecule has 2 aliphatic rings.